The Morgan fingerprint density at radius 2 is 1.94 bits per heavy atom. The van der Waals surface area contributed by atoms with Crippen LogP contribution in [0.1, 0.15) is 25.3 Å². The van der Waals surface area contributed by atoms with Crippen molar-refractivity contribution in [3.63, 3.8) is 0 Å². The maximum atomic E-state index is 10.7. The monoisotopic (exact) mass is 273 g/mol. The van der Waals surface area contributed by atoms with Gasteiger partial charge in [-0.15, -0.1) is 0 Å². The Kier molecular flexibility index (Phi) is 3.99. The molecule has 0 amide bonds. The number of rotatable bonds is 2. The summed E-state index contributed by atoms with van der Waals surface area (Å²) >= 11 is 12.1. The number of hydrogen-bond acceptors (Lipinski definition) is 2. The summed E-state index contributed by atoms with van der Waals surface area (Å²) in [5.41, 5.74) is -0.178. The second-order valence-electron chi connectivity index (χ2n) is 4.80. The third kappa shape index (κ3) is 2.76. The fourth-order valence-corrected chi connectivity index (χ4v) is 2.97. The molecule has 0 aromatic heterocycles. The Balaban J connectivity index is 2.32. The lowest BCUT2D eigenvalue weighted by molar-refractivity contribution is -0.0185. The fourth-order valence-electron chi connectivity index (χ4n) is 2.49. The van der Waals surface area contributed by atoms with Gasteiger partial charge in [-0.2, -0.15) is 0 Å². The van der Waals surface area contributed by atoms with E-state index in [9.17, 15) is 5.11 Å². The molecule has 1 heterocycles. The van der Waals surface area contributed by atoms with Gasteiger partial charge in [-0.25, -0.2) is 0 Å². The predicted molar refractivity (Wildman–Crippen MR) is 71.6 cm³/mol. The van der Waals surface area contributed by atoms with Crippen molar-refractivity contribution in [1.29, 1.82) is 0 Å². The first-order chi connectivity index (χ1) is 8.01. The van der Waals surface area contributed by atoms with E-state index in [1.807, 2.05) is 6.92 Å². The number of nitrogens with one attached hydrogen (secondary N) is 1. The van der Waals surface area contributed by atoms with Crippen molar-refractivity contribution in [2.45, 2.75) is 25.4 Å². The highest BCUT2D eigenvalue weighted by Crippen LogP contribution is 2.39. The molecule has 1 aliphatic rings. The van der Waals surface area contributed by atoms with Crippen LogP contribution in [0.3, 0.4) is 0 Å². The molecule has 2 nitrogen and oxygen atoms in total. The quantitative estimate of drug-likeness (QED) is 0.868. The number of benzene rings is 1. The largest absolute Gasteiger partial charge is 0.385 e. The summed E-state index contributed by atoms with van der Waals surface area (Å²) in [5.74, 6) is 0.222. The Labute approximate surface area is 112 Å². The average molecular weight is 274 g/mol. The van der Waals surface area contributed by atoms with Crippen molar-refractivity contribution in [3.05, 3.63) is 33.8 Å². The summed E-state index contributed by atoms with van der Waals surface area (Å²) in [5, 5.41) is 15.2. The first kappa shape index (κ1) is 13.2. The third-order valence-electron chi connectivity index (χ3n) is 3.61. The molecule has 0 aliphatic carbocycles. The van der Waals surface area contributed by atoms with Crippen molar-refractivity contribution < 1.29 is 5.11 Å². The van der Waals surface area contributed by atoms with Gasteiger partial charge in [0.15, 0.2) is 0 Å². The molecule has 2 rings (SSSR count). The Hall–Kier alpha value is -0.280. The fraction of sp³-hybridized carbons (Fsp3) is 0.538. The molecular weight excluding hydrogens is 257 g/mol. The van der Waals surface area contributed by atoms with E-state index in [2.05, 4.69) is 5.32 Å². The molecule has 1 aromatic rings. The summed E-state index contributed by atoms with van der Waals surface area (Å²) in [6.45, 7) is 3.72. The molecule has 0 spiro atoms. The van der Waals surface area contributed by atoms with Gasteiger partial charge in [0.25, 0.3) is 0 Å². The lowest BCUT2D eigenvalue weighted by atomic mass is 9.78. The van der Waals surface area contributed by atoms with Crippen LogP contribution in [0, 0.1) is 5.92 Å². The third-order valence-corrected chi connectivity index (χ3v) is 4.17. The Bertz CT molecular complexity index is 400. The minimum absolute atomic E-state index is 0.222. The minimum Gasteiger partial charge on any atom is -0.385 e. The zero-order valence-electron chi connectivity index (χ0n) is 9.84. The zero-order valence-corrected chi connectivity index (χ0v) is 11.4. The van der Waals surface area contributed by atoms with Gasteiger partial charge in [0.05, 0.1) is 5.60 Å². The number of halogens is 2. The molecule has 1 aromatic carbocycles. The first-order valence-electron chi connectivity index (χ1n) is 5.90. The van der Waals surface area contributed by atoms with E-state index >= 15 is 0 Å². The molecule has 1 aliphatic heterocycles. The molecule has 17 heavy (non-hydrogen) atoms. The molecular formula is C13H17Cl2NO. The normalized spacial score (nSPS) is 21.2. The van der Waals surface area contributed by atoms with Gasteiger partial charge in [0.2, 0.25) is 0 Å². The van der Waals surface area contributed by atoms with Gasteiger partial charge < -0.3 is 10.4 Å². The lowest BCUT2D eigenvalue weighted by Gasteiger charge is -2.36. The van der Waals surface area contributed by atoms with E-state index < -0.39 is 5.60 Å². The van der Waals surface area contributed by atoms with Crippen LogP contribution in [0.5, 0.6) is 0 Å². The van der Waals surface area contributed by atoms with Crippen molar-refractivity contribution in [3.8, 4) is 0 Å². The van der Waals surface area contributed by atoms with Gasteiger partial charge in [-0.05, 0) is 57.0 Å². The van der Waals surface area contributed by atoms with Crippen molar-refractivity contribution in [2.24, 2.45) is 5.92 Å². The number of piperidine rings is 1. The highest BCUT2D eigenvalue weighted by Gasteiger charge is 2.35. The Morgan fingerprint density at radius 1 is 1.29 bits per heavy atom. The molecule has 94 valence electrons. The first-order valence-corrected chi connectivity index (χ1v) is 6.66. The standard InChI is InChI=1S/C13H17Cl2NO/c1-13(17,9-4-6-16-7-5-9)11-8-10(14)2-3-12(11)15/h2-3,8-9,16-17H,4-7H2,1H3. The van der Waals surface area contributed by atoms with E-state index in [0.717, 1.165) is 31.5 Å². The molecule has 1 saturated heterocycles. The second kappa shape index (κ2) is 5.15. The molecule has 1 unspecified atom stereocenters. The van der Waals surface area contributed by atoms with Gasteiger partial charge in [-0.3, -0.25) is 0 Å². The van der Waals surface area contributed by atoms with Crippen LogP contribution in [0.2, 0.25) is 10.0 Å². The minimum atomic E-state index is -0.913. The Morgan fingerprint density at radius 3 is 2.59 bits per heavy atom. The smallest absolute Gasteiger partial charge is 0.0912 e. The molecule has 0 radical (unpaired) electrons. The van der Waals surface area contributed by atoms with Gasteiger partial charge in [-0.1, -0.05) is 23.2 Å². The van der Waals surface area contributed by atoms with E-state index in [1.165, 1.54) is 0 Å². The maximum Gasteiger partial charge on any atom is 0.0912 e. The zero-order chi connectivity index (χ0) is 12.5. The van der Waals surface area contributed by atoms with Crippen LogP contribution in [0.4, 0.5) is 0 Å². The van der Waals surface area contributed by atoms with Crippen LogP contribution in [-0.4, -0.2) is 18.2 Å². The highest BCUT2D eigenvalue weighted by molar-refractivity contribution is 6.33. The average Bonchev–Trinajstić information content (AvgIpc) is 2.33. The van der Waals surface area contributed by atoms with Gasteiger partial charge >= 0.3 is 0 Å². The SMILES string of the molecule is CC(O)(c1cc(Cl)ccc1Cl)C1CCNCC1. The summed E-state index contributed by atoms with van der Waals surface area (Å²) in [4.78, 5) is 0. The molecule has 0 bridgehead atoms. The second-order valence-corrected chi connectivity index (χ2v) is 5.64. The van der Waals surface area contributed by atoms with E-state index in [-0.39, 0.29) is 5.92 Å². The number of aliphatic hydroxyl groups is 1. The lowest BCUT2D eigenvalue weighted by Crippen LogP contribution is -2.40. The summed E-state index contributed by atoms with van der Waals surface area (Å²) in [6, 6.07) is 5.26. The van der Waals surface area contributed by atoms with Crippen molar-refractivity contribution in [1.82, 2.24) is 5.32 Å². The summed E-state index contributed by atoms with van der Waals surface area (Å²) < 4.78 is 0. The summed E-state index contributed by atoms with van der Waals surface area (Å²) in [7, 11) is 0. The topological polar surface area (TPSA) is 32.3 Å². The van der Waals surface area contributed by atoms with Crippen LogP contribution >= 0.6 is 23.2 Å². The van der Waals surface area contributed by atoms with Gasteiger partial charge in [0, 0.05) is 15.6 Å². The van der Waals surface area contributed by atoms with E-state index in [4.69, 9.17) is 23.2 Å². The molecule has 1 fully saturated rings. The van der Waals surface area contributed by atoms with Crippen LogP contribution in [0.25, 0.3) is 0 Å². The highest BCUT2D eigenvalue weighted by atomic mass is 35.5. The van der Waals surface area contributed by atoms with Crippen molar-refractivity contribution >= 4 is 23.2 Å². The van der Waals surface area contributed by atoms with Crippen LogP contribution < -0.4 is 5.32 Å². The number of hydrogen-bond donors (Lipinski definition) is 2. The molecule has 4 heteroatoms. The molecule has 0 saturated carbocycles. The van der Waals surface area contributed by atoms with Crippen LogP contribution in [0.15, 0.2) is 18.2 Å². The van der Waals surface area contributed by atoms with Crippen molar-refractivity contribution in [2.75, 3.05) is 13.1 Å². The van der Waals surface area contributed by atoms with Gasteiger partial charge in [0.1, 0.15) is 0 Å². The molecule has 1 atom stereocenters. The van der Waals surface area contributed by atoms with E-state index in [1.54, 1.807) is 18.2 Å². The predicted octanol–water partition coefficient (Wildman–Crippen LogP) is 3.20. The summed E-state index contributed by atoms with van der Waals surface area (Å²) in [6.07, 6.45) is 1.91. The maximum absolute atomic E-state index is 10.7. The van der Waals surface area contributed by atoms with Crippen LogP contribution in [-0.2, 0) is 5.60 Å². The van der Waals surface area contributed by atoms with E-state index in [0.29, 0.717) is 10.0 Å². The molecule has 2 N–H and O–H groups in total.